The fraction of sp³-hybridized carbons (Fsp3) is 0.745. The quantitative estimate of drug-likeness (QED) is 0.0565. The van der Waals surface area contributed by atoms with Crippen molar-refractivity contribution < 1.29 is 52.8 Å². The van der Waals surface area contributed by atoms with Gasteiger partial charge in [-0.2, -0.15) is 0 Å². The largest absolute Gasteiger partial charge is 0.442 e. The number of amides is 5. The summed E-state index contributed by atoms with van der Waals surface area (Å²) in [6.45, 7) is 18.5. The van der Waals surface area contributed by atoms with Gasteiger partial charge in [-0.1, -0.05) is 98.2 Å². The van der Waals surface area contributed by atoms with Crippen molar-refractivity contribution in [1.82, 2.24) is 25.3 Å². The van der Waals surface area contributed by atoms with E-state index in [0.717, 1.165) is 25.7 Å². The van der Waals surface area contributed by atoms with Crippen LogP contribution >= 0.6 is 0 Å². The van der Waals surface area contributed by atoms with Crippen molar-refractivity contribution in [3.05, 3.63) is 48.0 Å². The molecule has 0 spiro atoms. The maximum absolute atomic E-state index is 14.7. The fourth-order valence-corrected chi connectivity index (χ4v) is 10.4. The molecule has 16 nitrogen and oxygen atoms in total. The van der Waals surface area contributed by atoms with Crippen molar-refractivity contribution in [3.63, 3.8) is 0 Å². The fourth-order valence-electron chi connectivity index (χ4n) is 10.4. The Balaban J connectivity index is 1.69. The third-order valence-corrected chi connectivity index (χ3v) is 14.7. The van der Waals surface area contributed by atoms with Crippen molar-refractivity contribution in [1.29, 1.82) is 0 Å². The number of rotatable bonds is 28. The lowest BCUT2D eigenvalue weighted by molar-refractivity contribution is -0.149. The molecule has 1 aromatic carbocycles. The number of hydrogen-bond acceptors (Lipinski definition) is 11. The Kier molecular flexibility index (Phi) is 26.3. The van der Waals surface area contributed by atoms with E-state index in [1.54, 1.807) is 52.0 Å². The van der Waals surface area contributed by atoms with Gasteiger partial charge in [0.2, 0.25) is 23.6 Å². The van der Waals surface area contributed by atoms with Gasteiger partial charge in [-0.3, -0.25) is 24.0 Å². The van der Waals surface area contributed by atoms with Crippen LogP contribution in [0.25, 0.3) is 0 Å². The summed E-state index contributed by atoms with van der Waals surface area (Å²) in [6, 6.07) is 6.84. The van der Waals surface area contributed by atoms with Gasteiger partial charge >= 0.3 is 6.09 Å². The van der Waals surface area contributed by atoms with Crippen LogP contribution in [0.1, 0.15) is 145 Å². The first-order valence-electron chi connectivity index (χ1n) is 26.4. The van der Waals surface area contributed by atoms with Crippen molar-refractivity contribution >= 4 is 35.5 Å². The van der Waals surface area contributed by atoms with E-state index >= 15 is 0 Å². The third kappa shape index (κ3) is 18.0. The number of likely N-dealkylation sites (tertiary alicyclic amines) is 1. The van der Waals surface area contributed by atoms with Gasteiger partial charge in [0.1, 0.15) is 6.10 Å². The summed E-state index contributed by atoms with van der Waals surface area (Å²) in [5.74, 6) is -2.86. The number of likely N-dealkylation sites (N-methyl/N-ethyl adjacent to an activating group) is 2. The van der Waals surface area contributed by atoms with E-state index in [4.69, 9.17) is 18.9 Å². The number of nitrogens with zero attached hydrogens (tertiary/aromatic N) is 3. The van der Waals surface area contributed by atoms with E-state index in [9.17, 15) is 33.9 Å². The molecule has 0 bridgehead atoms. The minimum Gasteiger partial charge on any atom is -0.442 e. The number of benzene rings is 1. The molecule has 0 saturated carbocycles. The van der Waals surface area contributed by atoms with Crippen LogP contribution in [-0.2, 0) is 42.9 Å². The molecule has 1 aliphatic carbocycles. The monoisotopic (exact) mass is 998 g/mol. The summed E-state index contributed by atoms with van der Waals surface area (Å²) < 4.78 is 24.0. The number of methoxy groups -OCH3 is 2. The van der Waals surface area contributed by atoms with Crippen LogP contribution in [-0.4, -0.2) is 152 Å². The average Bonchev–Trinajstić information content (AvgIpc) is 3.82. The average molecular weight is 998 g/mol. The van der Waals surface area contributed by atoms with Crippen molar-refractivity contribution in [2.75, 3.05) is 48.0 Å². The molecule has 0 radical (unpaired) electrons. The molecule has 9 unspecified atom stereocenters. The summed E-state index contributed by atoms with van der Waals surface area (Å²) >= 11 is 0. The number of aliphatic hydroxyl groups is 1. The highest BCUT2D eigenvalue weighted by molar-refractivity contribution is 5.92. The zero-order valence-corrected chi connectivity index (χ0v) is 45.4. The van der Waals surface area contributed by atoms with Gasteiger partial charge < -0.3 is 49.4 Å². The van der Waals surface area contributed by atoms with E-state index in [0.29, 0.717) is 57.4 Å². The smallest absolute Gasteiger partial charge is 0.410 e. The Hall–Kier alpha value is -4.38. The van der Waals surface area contributed by atoms with Crippen LogP contribution in [0.3, 0.4) is 0 Å². The maximum atomic E-state index is 14.7. The zero-order valence-electron chi connectivity index (χ0n) is 45.4. The molecule has 1 heterocycles. The van der Waals surface area contributed by atoms with Crippen LogP contribution in [0.2, 0.25) is 0 Å². The third-order valence-electron chi connectivity index (χ3n) is 14.7. The Bertz CT molecular complexity index is 1850. The van der Waals surface area contributed by atoms with Gasteiger partial charge in [0.05, 0.1) is 67.5 Å². The summed E-state index contributed by atoms with van der Waals surface area (Å²) in [5, 5.41) is 16.7. The van der Waals surface area contributed by atoms with Crippen LogP contribution < -0.4 is 10.6 Å². The summed E-state index contributed by atoms with van der Waals surface area (Å²) in [5.41, 5.74) is 0.694. The maximum Gasteiger partial charge on any atom is 0.410 e. The molecule has 3 N–H and O–H groups in total. The predicted octanol–water partition coefficient (Wildman–Crippen LogP) is 7.27. The first-order chi connectivity index (χ1) is 33.7. The molecule has 0 aromatic heterocycles. The first kappa shape index (κ1) is 60.9. The lowest BCUT2D eigenvalue weighted by Crippen LogP contribution is -2.55. The molecule has 1 saturated heterocycles. The zero-order chi connectivity index (χ0) is 52.9. The Labute approximate surface area is 425 Å². The molecule has 1 aliphatic heterocycles. The van der Waals surface area contributed by atoms with Crippen LogP contribution in [0.5, 0.6) is 0 Å². The standard InChI is InChI=1S/C55H91N5O11/c1-14-22-47(62)56-30-32-70-41-25-19-27-42(28-20-26-41)71-55(67)59(11)49(36(5)6)45(61)33-43(35(3)4)54(66)58(10)50(37(7)15-2)46(68-12)34-48(63)60-31-21-29-44(60)52(69-13)38(8)53(65)57-39(9)51(64)40-23-17-16-18-24-40/h16-19,23-24,27,35-39,41-44,46,49-52,64H,14-15,20-22,25-26,28-34H2,1-13H3,(H,56,62)(H,57,65)/b27-19+/t37-,38?,39+,41?,42?,43?,44?,46?,49?,50?,51+,52?/m0/s1. The number of carbonyl (C=O) groups excluding carboxylic acids is 6. The van der Waals surface area contributed by atoms with E-state index in [2.05, 4.69) is 10.6 Å². The predicted molar refractivity (Wildman–Crippen MR) is 275 cm³/mol. The number of Topliss-reactive ketones (excluding diaryl/α,β-unsaturated/α-hetero) is 1. The highest BCUT2D eigenvalue weighted by atomic mass is 16.6. The molecule has 1 aromatic rings. The first-order valence-corrected chi connectivity index (χ1v) is 26.4. The molecule has 12 atom stereocenters. The second-order valence-electron chi connectivity index (χ2n) is 20.7. The van der Waals surface area contributed by atoms with E-state index in [1.165, 1.54) is 4.90 Å². The van der Waals surface area contributed by atoms with Gasteiger partial charge in [-0.05, 0) is 81.3 Å². The molecular weight excluding hydrogens is 907 g/mol. The van der Waals surface area contributed by atoms with E-state index < -0.39 is 60.5 Å². The molecule has 2 aliphatic rings. The van der Waals surface area contributed by atoms with E-state index in [1.807, 2.05) is 91.0 Å². The van der Waals surface area contributed by atoms with Gasteiger partial charge in [0, 0.05) is 60.2 Å². The molecule has 16 heteroatoms. The van der Waals surface area contributed by atoms with Gasteiger partial charge in [-0.15, -0.1) is 0 Å². The van der Waals surface area contributed by atoms with Gasteiger partial charge in [0.15, 0.2) is 5.78 Å². The molecular formula is C55H91N5O11. The number of hydrogen-bond donors (Lipinski definition) is 3. The molecule has 1 fully saturated rings. The highest BCUT2D eigenvalue weighted by Crippen LogP contribution is 2.32. The second kappa shape index (κ2) is 30.6. The molecule has 402 valence electrons. The van der Waals surface area contributed by atoms with Crippen molar-refractivity contribution in [2.24, 2.45) is 29.6 Å². The number of ketones is 1. The molecule has 5 amide bonds. The van der Waals surface area contributed by atoms with Crippen LogP contribution in [0.15, 0.2) is 42.5 Å². The summed E-state index contributed by atoms with van der Waals surface area (Å²) in [6.07, 6.45) is 6.57. The van der Waals surface area contributed by atoms with Crippen LogP contribution in [0, 0.1) is 29.6 Å². The Morgan fingerprint density at radius 1 is 0.859 bits per heavy atom. The summed E-state index contributed by atoms with van der Waals surface area (Å²) in [4.78, 5) is 87.4. The highest BCUT2D eigenvalue weighted by Gasteiger charge is 2.44. The number of ether oxygens (including phenoxy) is 4. The lowest BCUT2D eigenvalue weighted by atomic mass is 9.83. The second-order valence-corrected chi connectivity index (χ2v) is 20.7. The molecule has 71 heavy (non-hydrogen) atoms. The number of nitrogens with one attached hydrogen (secondary N) is 2. The van der Waals surface area contributed by atoms with Crippen molar-refractivity contribution in [2.45, 2.75) is 188 Å². The Morgan fingerprint density at radius 3 is 2.15 bits per heavy atom. The minimum absolute atomic E-state index is 0.00194. The summed E-state index contributed by atoms with van der Waals surface area (Å²) in [7, 11) is 6.39. The van der Waals surface area contributed by atoms with E-state index in [-0.39, 0.29) is 72.2 Å². The normalized spacial score (nSPS) is 21.6. The Morgan fingerprint density at radius 2 is 1.55 bits per heavy atom. The molecule has 3 rings (SSSR count). The lowest BCUT2D eigenvalue weighted by Gasteiger charge is -2.41. The number of aliphatic hydroxyl groups excluding tert-OH is 1. The topological polar surface area (TPSA) is 193 Å². The number of carbonyl (C=O) groups is 6. The van der Waals surface area contributed by atoms with Gasteiger partial charge in [-0.25, -0.2) is 4.79 Å². The van der Waals surface area contributed by atoms with Crippen LogP contribution in [0.4, 0.5) is 4.79 Å². The minimum atomic E-state index is -0.904. The van der Waals surface area contributed by atoms with Crippen molar-refractivity contribution in [3.8, 4) is 0 Å². The van der Waals surface area contributed by atoms with Gasteiger partial charge in [0.25, 0.3) is 0 Å². The SMILES string of the molecule is CCCC(=O)NCCOC1C/C=C/C(OC(=O)N(C)C(C(=O)CC(C(=O)N(C)C(C(CC(=O)N2CCCC2C(OC)C(C)C(=O)N[C@H](C)[C@@H](O)c2ccccc2)OC)[C@@H](C)CC)C(C)C)C(C)C)CCC1.